The molecule has 1 aliphatic heterocycles. The van der Waals surface area contributed by atoms with Crippen LogP contribution in [-0.4, -0.2) is 39.3 Å². The van der Waals surface area contributed by atoms with Crippen molar-refractivity contribution in [2.24, 2.45) is 5.92 Å². The molecule has 2 rings (SSSR count). The zero-order valence-corrected chi connectivity index (χ0v) is 13.2. The fourth-order valence-corrected chi connectivity index (χ4v) is 3.38. The first-order valence-electron chi connectivity index (χ1n) is 7.19. The number of nitrogens with one attached hydrogen (secondary N) is 1. The molecule has 1 aromatic heterocycles. The van der Waals surface area contributed by atoms with Gasteiger partial charge in [-0.25, -0.2) is 0 Å². The highest BCUT2D eigenvalue weighted by atomic mass is 32.1. The van der Waals surface area contributed by atoms with Gasteiger partial charge in [0.25, 0.3) is 5.91 Å². The number of carbonyl (C=O) groups is 1. The van der Waals surface area contributed by atoms with E-state index >= 15 is 0 Å². The average molecular weight is 309 g/mol. The van der Waals surface area contributed by atoms with Crippen molar-refractivity contribution < 1.29 is 9.53 Å². The first kappa shape index (κ1) is 15.9. The molecule has 5 nitrogen and oxygen atoms in total. The largest absolute Gasteiger partial charge is 0.397 e. The third-order valence-corrected chi connectivity index (χ3v) is 4.87. The third kappa shape index (κ3) is 4.22. The second kappa shape index (κ2) is 7.47. The van der Waals surface area contributed by atoms with Crippen molar-refractivity contribution in [3.63, 3.8) is 0 Å². The lowest BCUT2D eigenvalue weighted by Crippen LogP contribution is -2.29. The average Bonchev–Trinajstić information content (AvgIpc) is 2.88. The summed E-state index contributed by atoms with van der Waals surface area (Å²) in [5, 5.41) is 3.79. The number of ether oxygens (including phenoxy) is 1. The van der Waals surface area contributed by atoms with Gasteiger partial charge in [-0.3, -0.25) is 4.79 Å². The summed E-state index contributed by atoms with van der Waals surface area (Å²) in [4.78, 5) is 14.7. The van der Waals surface area contributed by atoms with Crippen molar-refractivity contribution in [3.05, 3.63) is 23.6 Å². The Kier molecular flexibility index (Phi) is 5.64. The summed E-state index contributed by atoms with van der Waals surface area (Å²) in [5.74, 6) is 0.508. The summed E-state index contributed by atoms with van der Waals surface area (Å²) in [6.07, 6.45) is 3.84. The van der Waals surface area contributed by atoms with Crippen molar-refractivity contribution >= 4 is 27.9 Å². The molecule has 1 amide bonds. The molecule has 1 fully saturated rings. The highest BCUT2D eigenvalue weighted by molar-refractivity contribution is 7.18. The number of anilines is 2. The maximum Gasteiger partial charge on any atom is 0.263 e. The van der Waals surface area contributed by atoms with E-state index in [4.69, 9.17) is 10.5 Å². The molecule has 0 aliphatic carbocycles. The SMILES string of the molecule is C=CCNC(=O)c1sc(N(C)CC2CCOCC2)cc1N. The Morgan fingerprint density at radius 2 is 2.33 bits per heavy atom. The van der Waals surface area contributed by atoms with Gasteiger partial charge in [0.15, 0.2) is 0 Å². The number of hydrogen-bond acceptors (Lipinski definition) is 5. The minimum Gasteiger partial charge on any atom is -0.397 e. The van der Waals surface area contributed by atoms with Crippen molar-refractivity contribution in [1.29, 1.82) is 0 Å². The fourth-order valence-electron chi connectivity index (χ4n) is 2.41. The van der Waals surface area contributed by atoms with E-state index in [-0.39, 0.29) is 5.91 Å². The van der Waals surface area contributed by atoms with Gasteiger partial charge in [0.2, 0.25) is 0 Å². The molecule has 21 heavy (non-hydrogen) atoms. The topological polar surface area (TPSA) is 67.6 Å². The minimum atomic E-state index is -0.136. The summed E-state index contributed by atoms with van der Waals surface area (Å²) >= 11 is 1.44. The van der Waals surface area contributed by atoms with Gasteiger partial charge in [0.1, 0.15) is 4.88 Å². The number of nitrogens with two attached hydrogens (primary N) is 1. The quantitative estimate of drug-likeness (QED) is 0.790. The van der Waals surface area contributed by atoms with Crippen LogP contribution < -0.4 is 16.0 Å². The Morgan fingerprint density at radius 3 is 3.00 bits per heavy atom. The van der Waals surface area contributed by atoms with Crippen LogP contribution in [0, 0.1) is 5.92 Å². The van der Waals surface area contributed by atoms with Gasteiger partial charge in [-0.05, 0) is 24.8 Å². The van der Waals surface area contributed by atoms with Gasteiger partial charge in [0.05, 0.1) is 10.7 Å². The zero-order chi connectivity index (χ0) is 15.2. The van der Waals surface area contributed by atoms with E-state index in [2.05, 4.69) is 16.8 Å². The third-order valence-electron chi connectivity index (χ3n) is 3.61. The lowest BCUT2D eigenvalue weighted by Gasteiger charge is -2.27. The van der Waals surface area contributed by atoms with Gasteiger partial charge in [-0.2, -0.15) is 0 Å². The van der Waals surface area contributed by atoms with Crippen LogP contribution in [-0.2, 0) is 4.74 Å². The Bertz CT molecular complexity index is 495. The van der Waals surface area contributed by atoms with Crippen LogP contribution >= 0.6 is 11.3 Å². The van der Waals surface area contributed by atoms with Gasteiger partial charge >= 0.3 is 0 Å². The molecule has 116 valence electrons. The maximum absolute atomic E-state index is 12.0. The maximum atomic E-state index is 12.0. The van der Waals surface area contributed by atoms with Gasteiger partial charge in [0, 0.05) is 33.4 Å². The first-order valence-corrected chi connectivity index (χ1v) is 8.00. The molecule has 1 aromatic rings. The number of thiophene rings is 1. The van der Waals surface area contributed by atoms with Crippen LogP contribution in [0.2, 0.25) is 0 Å². The molecule has 0 radical (unpaired) electrons. The minimum absolute atomic E-state index is 0.136. The number of nitrogen functional groups attached to an aromatic ring is 1. The summed E-state index contributed by atoms with van der Waals surface area (Å²) in [7, 11) is 2.05. The van der Waals surface area contributed by atoms with Crippen LogP contribution in [0.15, 0.2) is 18.7 Å². The summed E-state index contributed by atoms with van der Waals surface area (Å²) in [5.41, 5.74) is 6.50. The second-order valence-electron chi connectivity index (χ2n) is 5.30. The second-order valence-corrected chi connectivity index (χ2v) is 6.33. The van der Waals surface area contributed by atoms with Crippen molar-refractivity contribution in [3.8, 4) is 0 Å². The molecule has 6 heteroatoms. The molecular formula is C15H23N3O2S. The van der Waals surface area contributed by atoms with Crippen LogP contribution in [0.4, 0.5) is 10.7 Å². The van der Waals surface area contributed by atoms with E-state index in [9.17, 15) is 4.79 Å². The standard InChI is InChI=1S/C15H23N3O2S/c1-3-6-17-15(19)14-12(16)9-13(21-14)18(2)10-11-4-7-20-8-5-11/h3,9,11H,1,4-8,10,16H2,2H3,(H,17,19). The first-order chi connectivity index (χ1) is 10.1. The number of rotatable bonds is 6. The van der Waals surface area contributed by atoms with E-state index in [1.54, 1.807) is 6.08 Å². The Labute approximate surface area is 129 Å². The Hall–Kier alpha value is -1.53. The molecule has 3 N–H and O–H groups in total. The van der Waals surface area contributed by atoms with E-state index in [1.165, 1.54) is 11.3 Å². The monoisotopic (exact) mass is 309 g/mol. The molecule has 0 aromatic carbocycles. The Morgan fingerprint density at radius 1 is 1.62 bits per heavy atom. The van der Waals surface area contributed by atoms with E-state index in [1.807, 2.05) is 13.1 Å². The molecule has 0 unspecified atom stereocenters. The lowest BCUT2D eigenvalue weighted by atomic mass is 10.00. The van der Waals surface area contributed by atoms with E-state index < -0.39 is 0 Å². The molecule has 1 aliphatic rings. The molecule has 0 saturated carbocycles. The smallest absolute Gasteiger partial charge is 0.263 e. The van der Waals surface area contributed by atoms with Gasteiger partial charge in [-0.1, -0.05) is 6.08 Å². The predicted octanol–water partition coefficient (Wildman–Crippen LogP) is 2.11. The molecule has 1 saturated heterocycles. The normalized spacial score (nSPS) is 15.7. The van der Waals surface area contributed by atoms with Crippen molar-refractivity contribution in [2.45, 2.75) is 12.8 Å². The highest BCUT2D eigenvalue weighted by Crippen LogP contribution is 2.32. The fraction of sp³-hybridized carbons (Fsp3) is 0.533. The van der Waals surface area contributed by atoms with Gasteiger partial charge in [-0.15, -0.1) is 17.9 Å². The molecule has 0 atom stereocenters. The van der Waals surface area contributed by atoms with Crippen LogP contribution in [0.25, 0.3) is 0 Å². The zero-order valence-electron chi connectivity index (χ0n) is 12.4. The number of carbonyl (C=O) groups excluding carboxylic acids is 1. The predicted molar refractivity (Wildman–Crippen MR) is 88.1 cm³/mol. The lowest BCUT2D eigenvalue weighted by molar-refractivity contribution is 0.0685. The molecule has 2 heterocycles. The molecular weight excluding hydrogens is 286 g/mol. The van der Waals surface area contributed by atoms with E-state index in [0.717, 1.165) is 37.6 Å². The van der Waals surface area contributed by atoms with Crippen LogP contribution in [0.1, 0.15) is 22.5 Å². The molecule has 0 spiro atoms. The number of amides is 1. The van der Waals surface area contributed by atoms with Crippen LogP contribution in [0.5, 0.6) is 0 Å². The van der Waals surface area contributed by atoms with Crippen molar-refractivity contribution in [2.75, 3.05) is 44.0 Å². The summed E-state index contributed by atoms with van der Waals surface area (Å²) < 4.78 is 5.38. The summed E-state index contributed by atoms with van der Waals surface area (Å²) in [6, 6.07) is 1.88. The van der Waals surface area contributed by atoms with Gasteiger partial charge < -0.3 is 20.7 Å². The highest BCUT2D eigenvalue weighted by Gasteiger charge is 2.19. The Balaban J connectivity index is 1.99. The summed E-state index contributed by atoms with van der Waals surface area (Å²) in [6.45, 7) is 6.70. The van der Waals surface area contributed by atoms with Crippen LogP contribution in [0.3, 0.4) is 0 Å². The van der Waals surface area contributed by atoms with Crippen molar-refractivity contribution in [1.82, 2.24) is 5.32 Å². The molecule has 0 bridgehead atoms. The van der Waals surface area contributed by atoms with E-state index in [0.29, 0.717) is 23.0 Å². The number of nitrogens with zero attached hydrogens (tertiary/aromatic N) is 1. The number of hydrogen-bond donors (Lipinski definition) is 2.